The summed E-state index contributed by atoms with van der Waals surface area (Å²) in [4.78, 5) is 0. The lowest BCUT2D eigenvalue weighted by atomic mass is 10.0. The molecule has 1 nitrogen and oxygen atoms in total. The van der Waals surface area contributed by atoms with Crippen LogP contribution in [0.15, 0.2) is 42.5 Å². The van der Waals surface area contributed by atoms with Crippen molar-refractivity contribution in [3.8, 4) is 0 Å². The number of anilines is 1. The summed E-state index contributed by atoms with van der Waals surface area (Å²) in [5.41, 5.74) is 3.04. The SMILES string of the molecule is CCCCc1ccc(C(C)Nc2ccc(F)c(F)c2)cc1. The Hall–Kier alpha value is -1.90. The number of halogens is 2. The van der Waals surface area contributed by atoms with E-state index in [1.54, 1.807) is 6.07 Å². The fraction of sp³-hybridized carbons (Fsp3) is 0.333. The molecule has 2 aromatic rings. The summed E-state index contributed by atoms with van der Waals surface area (Å²) in [5, 5.41) is 3.18. The molecule has 1 atom stereocenters. The van der Waals surface area contributed by atoms with Crippen LogP contribution >= 0.6 is 0 Å². The Bertz CT molecular complexity index is 578. The molecule has 21 heavy (non-hydrogen) atoms. The van der Waals surface area contributed by atoms with Gasteiger partial charge in [-0.15, -0.1) is 0 Å². The second kappa shape index (κ2) is 7.21. The van der Waals surface area contributed by atoms with E-state index in [0.29, 0.717) is 5.69 Å². The molecule has 0 fully saturated rings. The fourth-order valence-corrected chi connectivity index (χ4v) is 2.27. The molecular formula is C18H21F2N. The van der Waals surface area contributed by atoms with E-state index in [1.165, 1.54) is 24.5 Å². The summed E-state index contributed by atoms with van der Waals surface area (Å²) in [5.74, 6) is -1.66. The first-order valence-electron chi connectivity index (χ1n) is 7.40. The van der Waals surface area contributed by atoms with Crippen LogP contribution in [-0.4, -0.2) is 0 Å². The average molecular weight is 289 g/mol. The summed E-state index contributed by atoms with van der Waals surface area (Å²) in [6, 6.07) is 12.3. The molecule has 0 aliphatic carbocycles. The molecule has 0 amide bonds. The van der Waals surface area contributed by atoms with Crippen molar-refractivity contribution in [3.63, 3.8) is 0 Å². The summed E-state index contributed by atoms with van der Waals surface area (Å²) in [6.07, 6.45) is 3.49. The maximum absolute atomic E-state index is 13.2. The van der Waals surface area contributed by atoms with Crippen molar-refractivity contribution < 1.29 is 8.78 Å². The number of unbranched alkanes of at least 4 members (excludes halogenated alkanes) is 1. The Morgan fingerprint density at radius 3 is 2.33 bits per heavy atom. The van der Waals surface area contributed by atoms with Gasteiger partial charge in [0.2, 0.25) is 0 Å². The van der Waals surface area contributed by atoms with Gasteiger partial charge in [-0.05, 0) is 43.0 Å². The topological polar surface area (TPSA) is 12.0 Å². The minimum atomic E-state index is -0.831. The number of hydrogen-bond acceptors (Lipinski definition) is 1. The Labute approximate surface area is 125 Å². The zero-order valence-corrected chi connectivity index (χ0v) is 12.5. The zero-order chi connectivity index (χ0) is 15.2. The molecule has 2 rings (SSSR count). The van der Waals surface area contributed by atoms with Crippen LogP contribution in [0.5, 0.6) is 0 Å². The van der Waals surface area contributed by atoms with E-state index in [0.717, 1.165) is 18.1 Å². The van der Waals surface area contributed by atoms with Crippen molar-refractivity contribution in [2.75, 3.05) is 5.32 Å². The minimum Gasteiger partial charge on any atom is -0.378 e. The van der Waals surface area contributed by atoms with Crippen LogP contribution < -0.4 is 5.32 Å². The molecule has 3 heteroatoms. The molecule has 0 aromatic heterocycles. The molecule has 0 radical (unpaired) electrons. The summed E-state index contributed by atoms with van der Waals surface area (Å²) in [7, 11) is 0. The van der Waals surface area contributed by atoms with E-state index in [-0.39, 0.29) is 6.04 Å². The summed E-state index contributed by atoms with van der Waals surface area (Å²) < 4.78 is 26.1. The largest absolute Gasteiger partial charge is 0.378 e. The van der Waals surface area contributed by atoms with Crippen molar-refractivity contribution in [1.82, 2.24) is 0 Å². The highest BCUT2D eigenvalue weighted by molar-refractivity contribution is 5.46. The lowest BCUT2D eigenvalue weighted by Gasteiger charge is -2.16. The van der Waals surface area contributed by atoms with Crippen LogP contribution in [0.3, 0.4) is 0 Å². The summed E-state index contributed by atoms with van der Waals surface area (Å²) in [6.45, 7) is 4.19. The monoisotopic (exact) mass is 289 g/mol. The standard InChI is InChI=1S/C18H21F2N/c1-3-4-5-14-6-8-15(9-7-14)13(2)21-16-10-11-17(19)18(20)12-16/h6-13,21H,3-5H2,1-2H3. The third-order valence-electron chi connectivity index (χ3n) is 3.60. The molecule has 0 saturated carbocycles. The van der Waals surface area contributed by atoms with E-state index in [9.17, 15) is 8.78 Å². The van der Waals surface area contributed by atoms with Gasteiger partial charge < -0.3 is 5.32 Å². The number of nitrogens with one attached hydrogen (secondary N) is 1. The van der Waals surface area contributed by atoms with Gasteiger partial charge in [0.15, 0.2) is 11.6 Å². The van der Waals surface area contributed by atoms with Crippen molar-refractivity contribution in [1.29, 1.82) is 0 Å². The first kappa shape index (κ1) is 15.5. The molecule has 0 spiro atoms. The predicted octanol–water partition coefficient (Wildman–Crippen LogP) is 5.48. The Morgan fingerprint density at radius 2 is 1.71 bits per heavy atom. The number of rotatable bonds is 6. The van der Waals surface area contributed by atoms with Crippen LogP contribution in [0.2, 0.25) is 0 Å². The zero-order valence-electron chi connectivity index (χ0n) is 12.5. The molecule has 1 unspecified atom stereocenters. The van der Waals surface area contributed by atoms with Gasteiger partial charge in [0.05, 0.1) is 0 Å². The number of hydrogen-bond donors (Lipinski definition) is 1. The minimum absolute atomic E-state index is 0.0371. The molecule has 0 aliphatic rings. The number of aryl methyl sites for hydroxylation is 1. The van der Waals surface area contributed by atoms with Crippen molar-refractivity contribution in [2.45, 2.75) is 39.2 Å². The van der Waals surface area contributed by atoms with E-state index in [4.69, 9.17) is 0 Å². The third kappa shape index (κ3) is 4.28. The molecule has 0 saturated heterocycles. The van der Waals surface area contributed by atoms with Gasteiger partial charge in [-0.3, -0.25) is 0 Å². The third-order valence-corrected chi connectivity index (χ3v) is 3.60. The predicted molar refractivity (Wildman–Crippen MR) is 83.4 cm³/mol. The van der Waals surface area contributed by atoms with Crippen LogP contribution in [0.25, 0.3) is 0 Å². The number of benzene rings is 2. The van der Waals surface area contributed by atoms with Gasteiger partial charge >= 0.3 is 0 Å². The van der Waals surface area contributed by atoms with Crippen molar-refractivity contribution in [3.05, 3.63) is 65.2 Å². The van der Waals surface area contributed by atoms with Gasteiger partial charge in [0.25, 0.3) is 0 Å². The van der Waals surface area contributed by atoms with E-state index in [1.807, 2.05) is 6.92 Å². The molecule has 0 heterocycles. The first-order chi connectivity index (χ1) is 10.1. The van der Waals surface area contributed by atoms with Crippen LogP contribution in [0, 0.1) is 11.6 Å². The quantitative estimate of drug-likeness (QED) is 0.742. The maximum atomic E-state index is 13.2. The second-order valence-electron chi connectivity index (χ2n) is 5.34. The first-order valence-corrected chi connectivity index (χ1v) is 7.40. The fourth-order valence-electron chi connectivity index (χ4n) is 2.27. The average Bonchev–Trinajstić information content (AvgIpc) is 2.49. The molecule has 2 aromatic carbocycles. The van der Waals surface area contributed by atoms with Crippen LogP contribution in [0.4, 0.5) is 14.5 Å². The van der Waals surface area contributed by atoms with E-state index in [2.05, 4.69) is 36.5 Å². The molecular weight excluding hydrogens is 268 g/mol. The Morgan fingerprint density at radius 1 is 1.00 bits per heavy atom. The van der Waals surface area contributed by atoms with Gasteiger partial charge in [-0.1, -0.05) is 37.6 Å². The van der Waals surface area contributed by atoms with Gasteiger partial charge in [0, 0.05) is 17.8 Å². The highest BCUT2D eigenvalue weighted by atomic mass is 19.2. The van der Waals surface area contributed by atoms with Gasteiger partial charge in [0.1, 0.15) is 0 Å². The Kier molecular flexibility index (Phi) is 5.32. The second-order valence-corrected chi connectivity index (χ2v) is 5.34. The smallest absolute Gasteiger partial charge is 0.160 e. The highest BCUT2D eigenvalue weighted by Gasteiger charge is 2.08. The van der Waals surface area contributed by atoms with Crippen molar-refractivity contribution in [2.24, 2.45) is 0 Å². The van der Waals surface area contributed by atoms with Gasteiger partial charge in [-0.2, -0.15) is 0 Å². The molecule has 112 valence electrons. The molecule has 0 aliphatic heterocycles. The van der Waals surface area contributed by atoms with E-state index >= 15 is 0 Å². The van der Waals surface area contributed by atoms with Crippen LogP contribution in [-0.2, 0) is 6.42 Å². The van der Waals surface area contributed by atoms with Crippen molar-refractivity contribution >= 4 is 5.69 Å². The Balaban J connectivity index is 2.02. The highest BCUT2D eigenvalue weighted by Crippen LogP contribution is 2.21. The molecule has 0 bridgehead atoms. The summed E-state index contributed by atoms with van der Waals surface area (Å²) >= 11 is 0. The normalized spacial score (nSPS) is 12.2. The van der Waals surface area contributed by atoms with E-state index < -0.39 is 11.6 Å². The van der Waals surface area contributed by atoms with Gasteiger partial charge in [-0.25, -0.2) is 8.78 Å². The molecule has 1 N–H and O–H groups in total. The van der Waals surface area contributed by atoms with Crippen LogP contribution in [0.1, 0.15) is 43.9 Å². The maximum Gasteiger partial charge on any atom is 0.160 e. The lowest BCUT2D eigenvalue weighted by molar-refractivity contribution is 0.509. The lowest BCUT2D eigenvalue weighted by Crippen LogP contribution is -2.07.